The number of amides is 2. The predicted octanol–water partition coefficient (Wildman–Crippen LogP) is 3.56. The summed E-state index contributed by atoms with van der Waals surface area (Å²) in [6.45, 7) is 6.97. The lowest BCUT2D eigenvalue weighted by Gasteiger charge is -2.20. The van der Waals surface area contributed by atoms with E-state index < -0.39 is 5.92 Å². The van der Waals surface area contributed by atoms with Gasteiger partial charge in [-0.1, -0.05) is 18.2 Å². The molecule has 33 heavy (non-hydrogen) atoms. The van der Waals surface area contributed by atoms with Crippen molar-refractivity contribution in [1.82, 2.24) is 19.7 Å². The minimum atomic E-state index is -0.469. The molecule has 0 bridgehead atoms. The van der Waals surface area contributed by atoms with E-state index in [0.29, 0.717) is 47.5 Å². The third kappa shape index (κ3) is 5.04. The number of anilines is 2. The predicted molar refractivity (Wildman–Crippen MR) is 129 cm³/mol. The van der Waals surface area contributed by atoms with E-state index in [1.807, 2.05) is 41.1 Å². The third-order valence-corrected chi connectivity index (χ3v) is 6.34. The van der Waals surface area contributed by atoms with Crippen molar-refractivity contribution in [1.29, 1.82) is 0 Å². The molecule has 1 fully saturated rings. The number of ether oxygens (including phenoxy) is 1. The normalized spacial score (nSPS) is 15.6. The molecule has 2 amide bonds. The average molecular weight is 485 g/mol. The summed E-state index contributed by atoms with van der Waals surface area (Å²) in [5, 5.41) is 12.2. The molecular weight excluding hydrogens is 460 g/mol. The van der Waals surface area contributed by atoms with Crippen LogP contribution in [0.5, 0.6) is 5.75 Å². The molecule has 1 atom stereocenters. The van der Waals surface area contributed by atoms with Crippen LogP contribution in [-0.4, -0.2) is 44.7 Å². The molecule has 3 heterocycles. The molecule has 0 radical (unpaired) electrons. The molecule has 0 saturated carbocycles. The number of carbonyl (C=O) groups excluding carboxylic acids is 2. The fourth-order valence-electron chi connectivity index (χ4n) is 3.69. The maximum Gasteiger partial charge on any atom is 0.231 e. The van der Waals surface area contributed by atoms with Gasteiger partial charge in [0.1, 0.15) is 11.6 Å². The van der Waals surface area contributed by atoms with Crippen molar-refractivity contribution in [3.8, 4) is 5.75 Å². The van der Waals surface area contributed by atoms with Gasteiger partial charge in [-0.2, -0.15) is 5.10 Å². The van der Waals surface area contributed by atoms with Crippen molar-refractivity contribution in [3.63, 3.8) is 0 Å². The van der Waals surface area contributed by atoms with Gasteiger partial charge in [0.05, 0.1) is 30.3 Å². The summed E-state index contributed by atoms with van der Waals surface area (Å²) in [5.41, 5.74) is 1.45. The quantitative estimate of drug-likeness (QED) is 0.355. The lowest BCUT2D eigenvalue weighted by atomic mass is 10.1. The van der Waals surface area contributed by atoms with Crippen LogP contribution in [0.2, 0.25) is 0 Å². The van der Waals surface area contributed by atoms with Crippen LogP contribution < -0.4 is 15.0 Å². The van der Waals surface area contributed by atoms with Crippen LogP contribution in [0.1, 0.15) is 24.9 Å². The lowest BCUT2D eigenvalue weighted by Crippen LogP contribution is -2.28. The fourth-order valence-corrected chi connectivity index (χ4v) is 4.63. The second-order valence-electron chi connectivity index (χ2n) is 7.46. The summed E-state index contributed by atoms with van der Waals surface area (Å²) in [5.74, 6) is 0.576. The van der Waals surface area contributed by atoms with Crippen molar-refractivity contribution in [2.24, 2.45) is 5.92 Å². The maximum absolute atomic E-state index is 12.9. The molecular formula is C22H24N6O3S2. The van der Waals surface area contributed by atoms with Gasteiger partial charge in [0.15, 0.2) is 9.90 Å². The molecule has 9 nitrogen and oxygen atoms in total. The molecule has 11 heteroatoms. The number of aromatic nitrogens is 4. The number of H-pyrrole nitrogens is 1. The van der Waals surface area contributed by atoms with Crippen molar-refractivity contribution < 1.29 is 14.3 Å². The number of rotatable bonds is 9. The highest BCUT2D eigenvalue weighted by atomic mass is 32.1. The van der Waals surface area contributed by atoms with Gasteiger partial charge < -0.3 is 15.0 Å². The Kier molecular flexibility index (Phi) is 6.99. The Morgan fingerprint density at radius 1 is 1.45 bits per heavy atom. The van der Waals surface area contributed by atoms with E-state index >= 15 is 0 Å². The molecule has 1 aliphatic heterocycles. The Labute approximate surface area is 200 Å². The number of allylic oxidation sites excluding steroid dienone is 1. The SMILES string of the molecule is C=CCn1c(Cc2csc(NC(=O)C3CC(=O)N(c4ccccc4OCC)C3)n2)n[nH]c1=S. The Bertz CT molecular complexity index is 1230. The number of nitrogens with zero attached hydrogens (tertiary/aromatic N) is 4. The summed E-state index contributed by atoms with van der Waals surface area (Å²) in [6, 6.07) is 7.36. The molecule has 1 saturated heterocycles. The van der Waals surface area contributed by atoms with Gasteiger partial charge in [0.2, 0.25) is 11.8 Å². The molecule has 0 aliphatic carbocycles. The van der Waals surface area contributed by atoms with E-state index in [1.165, 1.54) is 11.3 Å². The number of benzene rings is 1. The smallest absolute Gasteiger partial charge is 0.231 e. The lowest BCUT2D eigenvalue weighted by molar-refractivity contribution is -0.122. The van der Waals surface area contributed by atoms with Crippen LogP contribution in [0.4, 0.5) is 10.8 Å². The number of carbonyl (C=O) groups is 2. The van der Waals surface area contributed by atoms with E-state index in [1.54, 1.807) is 11.0 Å². The Morgan fingerprint density at radius 3 is 3.06 bits per heavy atom. The zero-order chi connectivity index (χ0) is 23.4. The van der Waals surface area contributed by atoms with Gasteiger partial charge in [0.25, 0.3) is 0 Å². The molecule has 1 unspecified atom stereocenters. The number of para-hydroxylation sites is 2. The number of hydrogen-bond acceptors (Lipinski definition) is 7. The van der Waals surface area contributed by atoms with Crippen LogP contribution in [0, 0.1) is 10.7 Å². The van der Waals surface area contributed by atoms with Crippen molar-refractivity contribution in [2.75, 3.05) is 23.4 Å². The third-order valence-electron chi connectivity index (χ3n) is 5.22. The van der Waals surface area contributed by atoms with Gasteiger partial charge in [-0.25, -0.2) is 4.98 Å². The largest absolute Gasteiger partial charge is 0.492 e. The molecule has 1 aliphatic rings. The first-order chi connectivity index (χ1) is 16.0. The summed E-state index contributed by atoms with van der Waals surface area (Å²) >= 11 is 6.57. The second kappa shape index (κ2) is 10.1. The summed E-state index contributed by atoms with van der Waals surface area (Å²) in [4.78, 5) is 31.6. The van der Waals surface area contributed by atoms with Crippen LogP contribution in [0.3, 0.4) is 0 Å². The Balaban J connectivity index is 1.41. The van der Waals surface area contributed by atoms with Gasteiger partial charge >= 0.3 is 0 Å². The van der Waals surface area contributed by atoms with Crippen LogP contribution in [0.15, 0.2) is 42.3 Å². The maximum atomic E-state index is 12.9. The molecule has 4 rings (SSSR count). The topological polar surface area (TPSA) is 105 Å². The summed E-state index contributed by atoms with van der Waals surface area (Å²) < 4.78 is 8.01. The highest BCUT2D eigenvalue weighted by Gasteiger charge is 2.36. The van der Waals surface area contributed by atoms with E-state index in [2.05, 4.69) is 27.1 Å². The first-order valence-electron chi connectivity index (χ1n) is 10.5. The highest BCUT2D eigenvalue weighted by molar-refractivity contribution is 7.71. The zero-order valence-corrected chi connectivity index (χ0v) is 19.7. The van der Waals surface area contributed by atoms with Gasteiger partial charge in [0, 0.05) is 24.9 Å². The molecule has 2 aromatic heterocycles. The second-order valence-corrected chi connectivity index (χ2v) is 8.71. The number of hydrogen-bond donors (Lipinski definition) is 2. The first-order valence-corrected chi connectivity index (χ1v) is 11.8. The van der Waals surface area contributed by atoms with Crippen molar-refractivity contribution >= 4 is 46.2 Å². The van der Waals surface area contributed by atoms with Crippen LogP contribution >= 0.6 is 23.6 Å². The Morgan fingerprint density at radius 2 is 2.27 bits per heavy atom. The summed E-state index contributed by atoms with van der Waals surface area (Å²) in [6.07, 6.45) is 2.36. The van der Waals surface area contributed by atoms with Crippen molar-refractivity contribution in [3.05, 3.63) is 58.6 Å². The molecule has 0 spiro atoms. The first kappa shape index (κ1) is 22.9. The van der Waals surface area contributed by atoms with E-state index in [-0.39, 0.29) is 18.2 Å². The molecule has 2 N–H and O–H groups in total. The zero-order valence-electron chi connectivity index (χ0n) is 18.1. The minimum Gasteiger partial charge on any atom is -0.492 e. The van der Waals surface area contributed by atoms with Crippen LogP contribution in [-0.2, 0) is 22.6 Å². The average Bonchev–Trinajstić information content (AvgIpc) is 3.50. The monoisotopic (exact) mass is 484 g/mol. The fraction of sp³-hybridized carbons (Fsp3) is 0.318. The molecule has 172 valence electrons. The van der Waals surface area contributed by atoms with Gasteiger partial charge in [-0.3, -0.25) is 19.3 Å². The van der Waals surface area contributed by atoms with Crippen molar-refractivity contribution in [2.45, 2.75) is 26.3 Å². The number of aromatic amines is 1. The number of thiazole rings is 1. The standard InChI is InChI=1S/C22H24N6O3S2/c1-3-9-27-18(25-26-22(27)32)11-15-13-33-21(23-15)24-20(30)14-10-19(29)28(12-14)16-7-5-6-8-17(16)31-4-2/h3,5-8,13-14H,1,4,9-12H2,2H3,(H,26,32)(H,23,24,30). The van der Waals surface area contributed by atoms with E-state index in [0.717, 1.165) is 11.5 Å². The Hall–Kier alpha value is -3.31. The summed E-state index contributed by atoms with van der Waals surface area (Å²) in [7, 11) is 0. The van der Waals surface area contributed by atoms with Crippen LogP contribution in [0.25, 0.3) is 0 Å². The van der Waals surface area contributed by atoms with E-state index in [4.69, 9.17) is 17.0 Å². The molecule has 1 aromatic carbocycles. The van der Waals surface area contributed by atoms with Gasteiger partial charge in [-0.05, 0) is 31.3 Å². The highest BCUT2D eigenvalue weighted by Crippen LogP contribution is 2.33. The van der Waals surface area contributed by atoms with E-state index in [9.17, 15) is 9.59 Å². The minimum absolute atomic E-state index is 0.104. The number of nitrogens with one attached hydrogen (secondary N) is 2. The molecule has 3 aromatic rings. The van der Waals surface area contributed by atoms with Gasteiger partial charge in [-0.15, -0.1) is 17.9 Å².